The maximum atomic E-state index is 13.9. The lowest BCUT2D eigenvalue weighted by Gasteiger charge is -2.31. The van der Waals surface area contributed by atoms with E-state index in [9.17, 15) is 9.59 Å². The van der Waals surface area contributed by atoms with Crippen molar-refractivity contribution >= 4 is 16.8 Å². The molecule has 1 aromatic heterocycles. The van der Waals surface area contributed by atoms with Crippen molar-refractivity contribution in [2.75, 3.05) is 20.3 Å². The van der Waals surface area contributed by atoms with Crippen LogP contribution in [0.1, 0.15) is 52.3 Å². The first kappa shape index (κ1) is 25.3. The first-order chi connectivity index (χ1) is 17.3. The number of benzene rings is 3. The molecule has 0 saturated carbocycles. The fraction of sp³-hybridized carbons (Fsp3) is 0.300. The molecule has 186 valence electrons. The molecule has 0 bridgehead atoms. The van der Waals surface area contributed by atoms with Gasteiger partial charge in [-0.2, -0.15) is 0 Å². The zero-order valence-electron chi connectivity index (χ0n) is 21.6. The standard InChI is InChI=1S/C30H33N3O3/c1-20-11-14-24(15-12-20)29(34)32(17-8-18-36-5)23(4)28-31-26-10-7-6-9-25(26)30(35)33(28)27-16-13-21(2)19-22(27)3/h6-7,9-16,19,23H,8,17-18H2,1-5H3. The normalized spacial score (nSPS) is 12.0. The van der Waals surface area contributed by atoms with Gasteiger partial charge in [-0.3, -0.25) is 14.2 Å². The Labute approximate surface area is 212 Å². The van der Waals surface area contributed by atoms with E-state index in [4.69, 9.17) is 9.72 Å². The summed E-state index contributed by atoms with van der Waals surface area (Å²) in [5.41, 5.74) is 5.02. The number of fused-ring (bicyclic) bond motifs is 1. The number of aryl methyl sites for hydroxylation is 3. The van der Waals surface area contributed by atoms with Crippen molar-refractivity contribution in [2.24, 2.45) is 0 Å². The summed E-state index contributed by atoms with van der Waals surface area (Å²) in [4.78, 5) is 34.3. The van der Waals surface area contributed by atoms with Gasteiger partial charge in [0.2, 0.25) is 0 Å². The molecular weight excluding hydrogens is 450 g/mol. The largest absolute Gasteiger partial charge is 0.385 e. The SMILES string of the molecule is COCCCN(C(=O)c1ccc(C)cc1)C(C)c1nc2ccccc2c(=O)n1-c1ccc(C)cc1C. The van der Waals surface area contributed by atoms with E-state index in [1.54, 1.807) is 22.6 Å². The van der Waals surface area contributed by atoms with Gasteiger partial charge in [0.15, 0.2) is 0 Å². The molecule has 0 N–H and O–H groups in total. The van der Waals surface area contributed by atoms with Crippen molar-refractivity contribution in [2.45, 2.75) is 40.2 Å². The number of para-hydroxylation sites is 1. The zero-order valence-corrected chi connectivity index (χ0v) is 21.6. The summed E-state index contributed by atoms with van der Waals surface area (Å²) in [7, 11) is 1.65. The third-order valence-corrected chi connectivity index (χ3v) is 6.54. The van der Waals surface area contributed by atoms with Gasteiger partial charge in [0.1, 0.15) is 5.82 Å². The second-order valence-electron chi connectivity index (χ2n) is 9.30. The smallest absolute Gasteiger partial charge is 0.266 e. The Morgan fingerprint density at radius 3 is 2.39 bits per heavy atom. The molecule has 1 unspecified atom stereocenters. The van der Waals surface area contributed by atoms with Crippen LogP contribution in [-0.4, -0.2) is 40.6 Å². The second kappa shape index (κ2) is 10.9. The van der Waals surface area contributed by atoms with E-state index >= 15 is 0 Å². The molecule has 0 radical (unpaired) electrons. The number of hydrogen-bond acceptors (Lipinski definition) is 4. The van der Waals surface area contributed by atoms with Crippen LogP contribution in [-0.2, 0) is 4.74 Å². The van der Waals surface area contributed by atoms with Crippen molar-refractivity contribution in [3.8, 4) is 5.69 Å². The minimum Gasteiger partial charge on any atom is -0.385 e. The number of nitrogens with zero attached hydrogens (tertiary/aromatic N) is 3. The van der Waals surface area contributed by atoms with E-state index in [1.165, 1.54) is 0 Å². The number of carbonyl (C=O) groups excluding carboxylic acids is 1. The van der Waals surface area contributed by atoms with Gasteiger partial charge in [-0.05, 0) is 70.0 Å². The summed E-state index contributed by atoms with van der Waals surface area (Å²) in [5.74, 6) is 0.428. The molecule has 36 heavy (non-hydrogen) atoms. The highest BCUT2D eigenvalue weighted by Crippen LogP contribution is 2.26. The molecule has 0 aliphatic heterocycles. The van der Waals surface area contributed by atoms with Crippen molar-refractivity contribution in [3.05, 3.63) is 105 Å². The van der Waals surface area contributed by atoms with Crippen molar-refractivity contribution in [3.63, 3.8) is 0 Å². The molecule has 0 fully saturated rings. The number of rotatable bonds is 8. The predicted octanol–water partition coefficient (Wildman–Crippen LogP) is 5.55. The van der Waals surface area contributed by atoms with E-state index in [-0.39, 0.29) is 11.5 Å². The van der Waals surface area contributed by atoms with Gasteiger partial charge in [0.05, 0.1) is 22.6 Å². The highest BCUT2D eigenvalue weighted by atomic mass is 16.5. The van der Waals surface area contributed by atoms with Gasteiger partial charge >= 0.3 is 0 Å². The Kier molecular flexibility index (Phi) is 7.65. The second-order valence-corrected chi connectivity index (χ2v) is 9.30. The molecule has 6 heteroatoms. The molecule has 1 amide bonds. The summed E-state index contributed by atoms with van der Waals surface area (Å²) in [6, 6.07) is 20.5. The summed E-state index contributed by atoms with van der Waals surface area (Å²) in [5, 5.41) is 0.546. The van der Waals surface area contributed by atoms with Crippen LogP contribution in [0, 0.1) is 20.8 Å². The van der Waals surface area contributed by atoms with Crippen molar-refractivity contribution < 1.29 is 9.53 Å². The first-order valence-corrected chi connectivity index (χ1v) is 12.3. The van der Waals surface area contributed by atoms with Crippen molar-refractivity contribution in [1.82, 2.24) is 14.5 Å². The van der Waals surface area contributed by atoms with Crippen LogP contribution in [0.4, 0.5) is 0 Å². The molecule has 1 heterocycles. The number of methoxy groups -OCH3 is 1. The number of ether oxygens (including phenoxy) is 1. The van der Waals surface area contributed by atoms with E-state index in [0.717, 1.165) is 22.4 Å². The monoisotopic (exact) mass is 483 g/mol. The van der Waals surface area contributed by atoms with E-state index < -0.39 is 6.04 Å². The van der Waals surface area contributed by atoms with Gasteiger partial charge in [-0.25, -0.2) is 4.98 Å². The average molecular weight is 484 g/mol. The van der Waals surface area contributed by atoms with Crippen LogP contribution in [0.15, 0.2) is 71.5 Å². The fourth-order valence-corrected chi connectivity index (χ4v) is 4.57. The highest BCUT2D eigenvalue weighted by molar-refractivity contribution is 5.94. The summed E-state index contributed by atoms with van der Waals surface area (Å²) in [6.07, 6.45) is 0.666. The molecule has 6 nitrogen and oxygen atoms in total. The first-order valence-electron chi connectivity index (χ1n) is 12.3. The highest BCUT2D eigenvalue weighted by Gasteiger charge is 2.28. The van der Waals surface area contributed by atoms with Gasteiger partial charge in [-0.15, -0.1) is 0 Å². The van der Waals surface area contributed by atoms with E-state index in [0.29, 0.717) is 41.9 Å². The lowest BCUT2D eigenvalue weighted by Crippen LogP contribution is -2.38. The molecule has 3 aromatic carbocycles. The summed E-state index contributed by atoms with van der Waals surface area (Å²) >= 11 is 0. The van der Waals surface area contributed by atoms with Crippen LogP contribution in [0.5, 0.6) is 0 Å². The van der Waals surface area contributed by atoms with Crippen LogP contribution < -0.4 is 5.56 Å². The Morgan fingerprint density at radius 2 is 1.69 bits per heavy atom. The Morgan fingerprint density at radius 1 is 1.00 bits per heavy atom. The number of amides is 1. The topological polar surface area (TPSA) is 64.4 Å². The van der Waals surface area contributed by atoms with Gasteiger partial charge in [0, 0.05) is 25.8 Å². The lowest BCUT2D eigenvalue weighted by atomic mass is 10.1. The molecule has 0 saturated heterocycles. The van der Waals surface area contributed by atoms with Crippen LogP contribution in [0.25, 0.3) is 16.6 Å². The Hall–Kier alpha value is -3.77. The zero-order chi connectivity index (χ0) is 25.8. The Bertz CT molecular complexity index is 1440. The predicted molar refractivity (Wildman–Crippen MR) is 144 cm³/mol. The maximum Gasteiger partial charge on any atom is 0.266 e. The van der Waals surface area contributed by atoms with Crippen LogP contribution in [0.2, 0.25) is 0 Å². The third kappa shape index (κ3) is 5.09. The van der Waals surface area contributed by atoms with Gasteiger partial charge in [0.25, 0.3) is 11.5 Å². The summed E-state index contributed by atoms with van der Waals surface area (Å²) in [6.45, 7) is 8.95. The fourth-order valence-electron chi connectivity index (χ4n) is 4.57. The molecule has 0 aliphatic rings. The molecular formula is C30H33N3O3. The molecule has 0 aliphatic carbocycles. The average Bonchev–Trinajstić information content (AvgIpc) is 2.87. The molecule has 0 spiro atoms. The number of aromatic nitrogens is 2. The van der Waals surface area contributed by atoms with E-state index in [1.807, 2.05) is 82.3 Å². The lowest BCUT2D eigenvalue weighted by molar-refractivity contribution is 0.0657. The van der Waals surface area contributed by atoms with Gasteiger partial charge in [-0.1, -0.05) is 47.5 Å². The van der Waals surface area contributed by atoms with Gasteiger partial charge < -0.3 is 9.64 Å². The minimum atomic E-state index is -0.464. The van der Waals surface area contributed by atoms with E-state index in [2.05, 4.69) is 6.07 Å². The third-order valence-electron chi connectivity index (χ3n) is 6.54. The van der Waals surface area contributed by atoms with Crippen LogP contribution in [0.3, 0.4) is 0 Å². The molecule has 4 aromatic rings. The molecule has 1 atom stereocenters. The minimum absolute atomic E-state index is 0.104. The number of hydrogen-bond donors (Lipinski definition) is 0. The summed E-state index contributed by atoms with van der Waals surface area (Å²) < 4.78 is 6.94. The van der Waals surface area contributed by atoms with Crippen LogP contribution >= 0.6 is 0 Å². The molecule has 4 rings (SSSR count). The Balaban J connectivity index is 1.90. The maximum absolute atomic E-state index is 13.9. The van der Waals surface area contributed by atoms with Crippen molar-refractivity contribution in [1.29, 1.82) is 0 Å². The number of carbonyl (C=O) groups is 1. The quantitative estimate of drug-likeness (QED) is 0.308.